The number of nitrogens with one attached hydrogen (secondary N) is 1. The predicted octanol–water partition coefficient (Wildman–Crippen LogP) is 0.849. The number of rotatable bonds is 5. The van der Waals surface area contributed by atoms with Gasteiger partial charge in [-0.2, -0.15) is 0 Å². The average molecular weight is 270 g/mol. The number of hydrogen-bond donors (Lipinski definition) is 2. The average Bonchev–Trinajstić information content (AvgIpc) is 2.72. The van der Waals surface area contributed by atoms with Gasteiger partial charge in [0.25, 0.3) is 0 Å². The zero-order valence-corrected chi connectivity index (χ0v) is 11.2. The van der Waals surface area contributed by atoms with Crippen LogP contribution in [0.25, 0.3) is 0 Å². The van der Waals surface area contributed by atoms with Gasteiger partial charge in [0.15, 0.2) is 5.16 Å². The van der Waals surface area contributed by atoms with Crippen LogP contribution in [0.2, 0.25) is 0 Å². The van der Waals surface area contributed by atoms with Gasteiger partial charge in [-0.25, -0.2) is 0 Å². The summed E-state index contributed by atoms with van der Waals surface area (Å²) in [4.78, 5) is 10.5. The number of hydrogen-bond acceptors (Lipinski definition) is 5. The molecule has 1 saturated heterocycles. The van der Waals surface area contributed by atoms with E-state index in [-0.39, 0.29) is 6.42 Å². The molecule has 0 radical (unpaired) electrons. The van der Waals surface area contributed by atoms with Crippen LogP contribution in [0, 0.1) is 0 Å². The van der Waals surface area contributed by atoms with E-state index in [4.69, 9.17) is 5.11 Å². The third-order valence-electron chi connectivity index (χ3n) is 3.08. The Labute approximate surface area is 110 Å². The molecule has 2 rings (SSSR count). The Morgan fingerprint density at radius 3 is 3.11 bits per heavy atom. The van der Waals surface area contributed by atoms with E-state index in [9.17, 15) is 4.79 Å². The SMILES string of the molecule is Cn1c(SCCC(=O)O)nnc1[C@@H]1CCCNC1. The van der Waals surface area contributed by atoms with Crippen molar-refractivity contribution in [1.29, 1.82) is 0 Å². The molecule has 6 nitrogen and oxygen atoms in total. The van der Waals surface area contributed by atoms with Gasteiger partial charge in [-0.05, 0) is 19.4 Å². The quantitative estimate of drug-likeness (QED) is 0.772. The molecule has 100 valence electrons. The molecule has 7 heteroatoms. The molecule has 1 atom stereocenters. The zero-order valence-electron chi connectivity index (χ0n) is 10.4. The molecule has 1 aromatic rings. The summed E-state index contributed by atoms with van der Waals surface area (Å²) in [6, 6.07) is 0. The lowest BCUT2D eigenvalue weighted by atomic mass is 9.99. The fourth-order valence-electron chi connectivity index (χ4n) is 2.11. The van der Waals surface area contributed by atoms with E-state index >= 15 is 0 Å². The number of aromatic nitrogens is 3. The number of thioether (sulfide) groups is 1. The zero-order chi connectivity index (χ0) is 13.0. The summed E-state index contributed by atoms with van der Waals surface area (Å²) in [5.41, 5.74) is 0. The first-order valence-electron chi connectivity index (χ1n) is 6.13. The fraction of sp³-hybridized carbons (Fsp3) is 0.727. The first-order valence-corrected chi connectivity index (χ1v) is 7.11. The topological polar surface area (TPSA) is 80.0 Å². The van der Waals surface area contributed by atoms with Crippen LogP contribution in [0.5, 0.6) is 0 Å². The highest BCUT2D eigenvalue weighted by atomic mass is 32.2. The summed E-state index contributed by atoms with van der Waals surface area (Å²) in [6.45, 7) is 2.03. The van der Waals surface area contributed by atoms with Crippen LogP contribution >= 0.6 is 11.8 Å². The van der Waals surface area contributed by atoms with E-state index in [1.165, 1.54) is 18.2 Å². The number of nitrogens with zero attached hydrogens (tertiary/aromatic N) is 3. The van der Waals surface area contributed by atoms with Crippen LogP contribution in [0.15, 0.2) is 5.16 Å². The summed E-state index contributed by atoms with van der Waals surface area (Å²) in [6.07, 6.45) is 2.45. The highest BCUT2D eigenvalue weighted by Crippen LogP contribution is 2.24. The van der Waals surface area contributed by atoms with E-state index in [2.05, 4.69) is 15.5 Å². The molecule has 0 spiro atoms. The first kappa shape index (κ1) is 13.4. The maximum absolute atomic E-state index is 10.5. The second kappa shape index (κ2) is 6.19. The summed E-state index contributed by atoms with van der Waals surface area (Å²) < 4.78 is 1.99. The lowest BCUT2D eigenvalue weighted by Gasteiger charge is -2.21. The number of piperidine rings is 1. The minimum Gasteiger partial charge on any atom is -0.481 e. The highest BCUT2D eigenvalue weighted by molar-refractivity contribution is 7.99. The van der Waals surface area contributed by atoms with Crippen molar-refractivity contribution in [3.8, 4) is 0 Å². The van der Waals surface area contributed by atoms with E-state index in [0.29, 0.717) is 11.7 Å². The molecule has 2 N–H and O–H groups in total. The van der Waals surface area contributed by atoms with Gasteiger partial charge in [-0.1, -0.05) is 11.8 Å². The molecule has 0 amide bonds. The third-order valence-corrected chi connectivity index (χ3v) is 4.10. The minimum absolute atomic E-state index is 0.151. The van der Waals surface area contributed by atoms with Crippen molar-refractivity contribution in [2.75, 3.05) is 18.8 Å². The summed E-state index contributed by atoms with van der Waals surface area (Å²) >= 11 is 1.45. The number of carbonyl (C=O) groups is 1. The van der Waals surface area contributed by atoms with E-state index in [1.807, 2.05) is 11.6 Å². The van der Waals surface area contributed by atoms with Crippen molar-refractivity contribution in [3.05, 3.63) is 5.82 Å². The fourth-order valence-corrected chi connectivity index (χ4v) is 2.95. The number of carboxylic acid groups (broad SMARTS) is 1. The van der Waals surface area contributed by atoms with Gasteiger partial charge in [0.1, 0.15) is 5.82 Å². The molecule has 1 aromatic heterocycles. The Balaban J connectivity index is 1.96. The molecule has 18 heavy (non-hydrogen) atoms. The van der Waals surface area contributed by atoms with Gasteiger partial charge in [-0.3, -0.25) is 4.79 Å². The van der Waals surface area contributed by atoms with Gasteiger partial charge in [-0.15, -0.1) is 10.2 Å². The second-order valence-corrected chi connectivity index (χ2v) is 5.50. The Bertz CT molecular complexity index is 415. The molecular formula is C11H18N4O2S. The lowest BCUT2D eigenvalue weighted by Crippen LogP contribution is -2.29. The third kappa shape index (κ3) is 3.23. The molecule has 0 saturated carbocycles. The van der Waals surface area contributed by atoms with Gasteiger partial charge in [0, 0.05) is 25.3 Å². The normalized spacial score (nSPS) is 19.9. The van der Waals surface area contributed by atoms with Gasteiger partial charge < -0.3 is 15.0 Å². The molecule has 1 aliphatic rings. The molecular weight excluding hydrogens is 252 g/mol. The number of aliphatic carboxylic acids is 1. The van der Waals surface area contributed by atoms with Crippen LogP contribution in [0.4, 0.5) is 0 Å². The Kier molecular flexibility index (Phi) is 4.60. The standard InChI is InChI=1S/C11H18N4O2S/c1-15-10(8-3-2-5-12-7-8)13-14-11(15)18-6-4-9(16)17/h8,12H,2-7H2,1H3,(H,16,17)/t8-/m1/s1. The van der Waals surface area contributed by atoms with Crippen molar-refractivity contribution < 1.29 is 9.90 Å². The Morgan fingerprint density at radius 1 is 1.61 bits per heavy atom. The molecule has 1 fully saturated rings. The largest absolute Gasteiger partial charge is 0.481 e. The van der Waals surface area contributed by atoms with Crippen LogP contribution in [-0.4, -0.2) is 44.7 Å². The minimum atomic E-state index is -0.777. The maximum atomic E-state index is 10.5. The molecule has 0 bridgehead atoms. The van der Waals surface area contributed by atoms with Crippen molar-refractivity contribution in [3.63, 3.8) is 0 Å². The highest BCUT2D eigenvalue weighted by Gasteiger charge is 2.21. The van der Waals surface area contributed by atoms with E-state index in [0.717, 1.165) is 30.5 Å². The van der Waals surface area contributed by atoms with E-state index < -0.39 is 5.97 Å². The van der Waals surface area contributed by atoms with E-state index in [1.54, 1.807) is 0 Å². The Morgan fingerprint density at radius 2 is 2.44 bits per heavy atom. The van der Waals surface area contributed by atoms with Gasteiger partial charge in [0.2, 0.25) is 0 Å². The summed E-state index contributed by atoms with van der Waals surface area (Å²) in [5.74, 6) is 1.18. The molecule has 2 heterocycles. The number of carboxylic acids is 1. The van der Waals surface area contributed by atoms with Crippen molar-refractivity contribution in [1.82, 2.24) is 20.1 Å². The van der Waals surface area contributed by atoms with Crippen LogP contribution in [0.1, 0.15) is 31.0 Å². The summed E-state index contributed by atoms with van der Waals surface area (Å²) in [7, 11) is 1.95. The first-order chi connectivity index (χ1) is 8.68. The van der Waals surface area contributed by atoms with Gasteiger partial charge in [0.05, 0.1) is 6.42 Å². The summed E-state index contributed by atoms with van der Waals surface area (Å²) in [5, 5.41) is 21.2. The molecule has 1 aliphatic heterocycles. The molecule has 0 unspecified atom stereocenters. The molecule has 0 aliphatic carbocycles. The molecule has 0 aromatic carbocycles. The Hall–Kier alpha value is -1.08. The van der Waals surface area contributed by atoms with Crippen LogP contribution < -0.4 is 5.32 Å². The van der Waals surface area contributed by atoms with Crippen molar-refractivity contribution in [2.45, 2.75) is 30.3 Å². The van der Waals surface area contributed by atoms with Crippen LogP contribution in [-0.2, 0) is 11.8 Å². The van der Waals surface area contributed by atoms with Gasteiger partial charge >= 0.3 is 5.97 Å². The lowest BCUT2D eigenvalue weighted by molar-refractivity contribution is -0.136. The smallest absolute Gasteiger partial charge is 0.304 e. The second-order valence-electron chi connectivity index (χ2n) is 4.44. The van der Waals surface area contributed by atoms with Crippen LogP contribution in [0.3, 0.4) is 0 Å². The maximum Gasteiger partial charge on any atom is 0.304 e. The monoisotopic (exact) mass is 270 g/mol. The predicted molar refractivity (Wildman–Crippen MR) is 68.8 cm³/mol. The van der Waals surface area contributed by atoms with Crippen molar-refractivity contribution in [2.24, 2.45) is 7.05 Å². The van der Waals surface area contributed by atoms with Crippen molar-refractivity contribution >= 4 is 17.7 Å².